The first-order valence-electron chi connectivity index (χ1n) is 10.4. The summed E-state index contributed by atoms with van der Waals surface area (Å²) in [5, 5.41) is 0. The molecule has 0 atom stereocenters. The monoisotopic (exact) mass is 438 g/mol. The summed E-state index contributed by atoms with van der Waals surface area (Å²) in [6.07, 6.45) is -0.0309. The van der Waals surface area contributed by atoms with E-state index in [1.165, 1.54) is 11.0 Å². The van der Waals surface area contributed by atoms with Gasteiger partial charge in [0.05, 0.1) is 18.7 Å². The lowest BCUT2D eigenvalue weighted by molar-refractivity contribution is -0.143. The number of hydrogen-bond acceptors (Lipinski definition) is 6. The van der Waals surface area contributed by atoms with Crippen LogP contribution in [-0.4, -0.2) is 55.3 Å². The lowest BCUT2D eigenvalue weighted by Crippen LogP contribution is -2.45. The lowest BCUT2D eigenvalue weighted by Gasteiger charge is -2.30. The van der Waals surface area contributed by atoms with Crippen LogP contribution in [0.15, 0.2) is 48.5 Å². The fraction of sp³-hybridized carbons (Fsp3) is 0.333. The molecule has 1 heterocycles. The minimum Gasteiger partial charge on any atom is -0.482 e. The second kappa shape index (κ2) is 10.6. The van der Waals surface area contributed by atoms with E-state index in [9.17, 15) is 19.2 Å². The molecule has 2 aromatic carbocycles. The molecule has 0 spiro atoms. The van der Waals surface area contributed by atoms with Gasteiger partial charge in [-0.15, -0.1) is 0 Å². The number of fused-ring (bicyclic) bond motifs is 1. The third kappa shape index (κ3) is 5.72. The van der Waals surface area contributed by atoms with Crippen molar-refractivity contribution in [2.24, 2.45) is 0 Å². The van der Waals surface area contributed by atoms with Crippen molar-refractivity contribution in [3.05, 3.63) is 59.7 Å². The van der Waals surface area contributed by atoms with Crippen LogP contribution in [0.5, 0.6) is 5.75 Å². The van der Waals surface area contributed by atoms with Crippen LogP contribution in [0.1, 0.15) is 35.7 Å². The Morgan fingerprint density at radius 3 is 2.56 bits per heavy atom. The number of nitrogens with zero attached hydrogens (tertiary/aromatic N) is 2. The van der Waals surface area contributed by atoms with Crippen molar-refractivity contribution >= 4 is 29.3 Å². The normalized spacial score (nSPS) is 12.6. The maximum absolute atomic E-state index is 12.8. The molecule has 0 fully saturated rings. The highest BCUT2D eigenvalue weighted by Gasteiger charge is 2.29. The number of carbonyl (C=O) groups excluding carboxylic acids is 4. The number of benzene rings is 2. The van der Waals surface area contributed by atoms with Gasteiger partial charge in [-0.25, -0.2) is 0 Å². The fourth-order valence-corrected chi connectivity index (χ4v) is 3.34. The van der Waals surface area contributed by atoms with Crippen LogP contribution in [0, 0.1) is 0 Å². The smallest absolute Gasteiger partial charge is 0.306 e. The predicted octanol–water partition coefficient (Wildman–Crippen LogP) is 2.60. The Morgan fingerprint density at radius 2 is 1.84 bits per heavy atom. The molecule has 0 N–H and O–H groups in total. The lowest BCUT2D eigenvalue weighted by atomic mass is 10.0. The summed E-state index contributed by atoms with van der Waals surface area (Å²) in [5.41, 5.74) is 1.68. The van der Waals surface area contributed by atoms with Crippen molar-refractivity contribution < 1.29 is 28.7 Å². The molecule has 0 radical (unpaired) electrons. The summed E-state index contributed by atoms with van der Waals surface area (Å²) < 4.78 is 10.3. The predicted molar refractivity (Wildman–Crippen MR) is 117 cm³/mol. The number of rotatable bonds is 9. The number of hydrogen-bond donors (Lipinski definition) is 0. The van der Waals surface area contributed by atoms with E-state index in [4.69, 9.17) is 9.47 Å². The van der Waals surface area contributed by atoms with Crippen LogP contribution in [0.3, 0.4) is 0 Å². The van der Waals surface area contributed by atoms with Gasteiger partial charge in [0, 0.05) is 25.6 Å². The van der Waals surface area contributed by atoms with Crippen molar-refractivity contribution in [1.29, 1.82) is 0 Å². The highest BCUT2D eigenvalue weighted by molar-refractivity contribution is 6.04. The quantitative estimate of drug-likeness (QED) is 0.441. The van der Waals surface area contributed by atoms with Crippen molar-refractivity contribution in [1.82, 2.24) is 4.90 Å². The van der Waals surface area contributed by atoms with Crippen LogP contribution < -0.4 is 9.64 Å². The molecule has 32 heavy (non-hydrogen) atoms. The minimum atomic E-state index is -0.439. The second-order valence-electron chi connectivity index (χ2n) is 7.41. The first kappa shape index (κ1) is 23.0. The van der Waals surface area contributed by atoms with Crippen LogP contribution in [0.25, 0.3) is 0 Å². The van der Waals surface area contributed by atoms with E-state index in [1.807, 2.05) is 30.3 Å². The Hall–Kier alpha value is -3.68. The molecule has 168 valence electrons. The van der Waals surface area contributed by atoms with Gasteiger partial charge < -0.3 is 14.4 Å². The van der Waals surface area contributed by atoms with E-state index in [0.29, 0.717) is 23.5 Å². The highest BCUT2D eigenvalue weighted by atomic mass is 16.5. The molecular formula is C24H26N2O6. The first-order chi connectivity index (χ1) is 15.4. The summed E-state index contributed by atoms with van der Waals surface area (Å²) >= 11 is 0. The summed E-state index contributed by atoms with van der Waals surface area (Å²) in [4.78, 5) is 52.3. The highest BCUT2D eigenvalue weighted by Crippen LogP contribution is 2.33. The maximum atomic E-state index is 12.8. The van der Waals surface area contributed by atoms with Crippen molar-refractivity contribution in [2.75, 3.05) is 31.7 Å². The van der Waals surface area contributed by atoms with Gasteiger partial charge >= 0.3 is 5.97 Å². The standard InChI is InChI=1S/C24H26N2O6/c1-3-31-24(30)12-10-20(27)18-9-11-21-19(13-18)26(23(29)16-32-21)15-22(28)25(2)14-17-7-5-4-6-8-17/h4-9,11,13H,3,10,12,14-16H2,1-2H3. The Labute approximate surface area is 186 Å². The molecule has 0 bridgehead atoms. The number of Topliss-reactive ketones (excluding diaryl/α,β-unsaturated/α-hetero) is 1. The summed E-state index contributed by atoms with van der Waals surface area (Å²) in [6.45, 7) is 2.02. The van der Waals surface area contributed by atoms with Gasteiger partial charge in [0.1, 0.15) is 12.3 Å². The fourth-order valence-electron chi connectivity index (χ4n) is 3.34. The zero-order valence-electron chi connectivity index (χ0n) is 18.2. The van der Waals surface area contributed by atoms with Gasteiger partial charge in [-0.3, -0.25) is 24.1 Å². The average molecular weight is 438 g/mol. The van der Waals surface area contributed by atoms with Crippen LogP contribution >= 0.6 is 0 Å². The van der Waals surface area contributed by atoms with Gasteiger partial charge in [-0.2, -0.15) is 0 Å². The molecule has 1 aliphatic heterocycles. The number of likely N-dealkylation sites (N-methyl/N-ethyl adjacent to an activating group) is 1. The zero-order valence-corrected chi connectivity index (χ0v) is 18.2. The second-order valence-corrected chi connectivity index (χ2v) is 7.41. The van der Waals surface area contributed by atoms with E-state index < -0.39 is 5.97 Å². The van der Waals surface area contributed by atoms with Crippen LogP contribution in [-0.2, 0) is 25.7 Å². The Bertz CT molecular complexity index is 1000. The first-order valence-corrected chi connectivity index (χ1v) is 10.4. The molecule has 8 nitrogen and oxygen atoms in total. The van der Waals surface area contributed by atoms with E-state index in [1.54, 1.807) is 31.0 Å². The van der Waals surface area contributed by atoms with E-state index in [0.717, 1.165) is 5.56 Å². The van der Waals surface area contributed by atoms with Crippen molar-refractivity contribution in [2.45, 2.75) is 26.3 Å². The van der Waals surface area contributed by atoms with Gasteiger partial charge in [-0.05, 0) is 30.7 Å². The number of esters is 1. The molecular weight excluding hydrogens is 412 g/mol. The van der Waals surface area contributed by atoms with Crippen molar-refractivity contribution in [3.8, 4) is 5.75 Å². The number of ketones is 1. The molecule has 2 aromatic rings. The number of amides is 2. The van der Waals surface area contributed by atoms with E-state index >= 15 is 0 Å². The summed E-state index contributed by atoms with van der Waals surface area (Å²) in [5.74, 6) is -0.883. The SMILES string of the molecule is CCOC(=O)CCC(=O)c1ccc2c(c1)N(CC(=O)N(C)Cc1ccccc1)C(=O)CO2. The van der Waals surface area contributed by atoms with Gasteiger partial charge in [0.15, 0.2) is 12.4 Å². The third-order valence-electron chi connectivity index (χ3n) is 5.07. The molecule has 0 aromatic heterocycles. The molecule has 0 aliphatic carbocycles. The summed E-state index contributed by atoms with van der Waals surface area (Å²) in [7, 11) is 1.68. The maximum Gasteiger partial charge on any atom is 0.306 e. The number of ether oxygens (including phenoxy) is 2. The minimum absolute atomic E-state index is 0.00876. The number of carbonyl (C=O) groups is 4. The Kier molecular flexibility index (Phi) is 7.59. The topological polar surface area (TPSA) is 93.2 Å². The molecule has 2 amide bonds. The number of anilines is 1. The van der Waals surface area contributed by atoms with Gasteiger partial charge in [-0.1, -0.05) is 30.3 Å². The van der Waals surface area contributed by atoms with Crippen LogP contribution in [0.2, 0.25) is 0 Å². The molecule has 3 rings (SSSR count). The largest absolute Gasteiger partial charge is 0.482 e. The molecule has 1 aliphatic rings. The zero-order chi connectivity index (χ0) is 23.1. The van der Waals surface area contributed by atoms with E-state index in [2.05, 4.69) is 0 Å². The average Bonchev–Trinajstić information content (AvgIpc) is 2.79. The van der Waals surface area contributed by atoms with Gasteiger partial charge in [0.25, 0.3) is 5.91 Å². The van der Waals surface area contributed by atoms with Crippen molar-refractivity contribution in [3.63, 3.8) is 0 Å². The van der Waals surface area contributed by atoms with Gasteiger partial charge in [0.2, 0.25) is 5.91 Å². The summed E-state index contributed by atoms with van der Waals surface area (Å²) in [6, 6.07) is 14.3. The molecule has 8 heteroatoms. The van der Waals surface area contributed by atoms with E-state index in [-0.39, 0.29) is 50.2 Å². The molecule has 0 saturated heterocycles. The Balaban J connectivity index is 1.72. The van der Waals surface area contributed by atoms with Crippen LogP contribution in [0.4, 0.5) is 5.69 Å². The molecule has 0 saturated carbocycles. The molecule has 0 unspecified atom stereocenters. The Morgan fingerprint density at radius 1 is 1.09 bits per heavy atom. The third-order valence-corrected chi connectivity index (χ3v) is 5.07.